The summed E-state index contributed by atoms with van der Waals surface area (Å²) in [5, 5.41) is 2.55. The molecule has 1 aromatic carbocycles. The van der Waals surface area contributed by atoms with Gasteiger partial charge in [0.2, 0.25) is 0 Å². The Morgan fingerprint density at radius 1 is 1.18 bits per heavy atom. The van der Waals surface area contributed by atoms with Crippen molar-refractivity contribution in [2.45, 2.75) is 37.9 Å². The zero-order valence-electron chi connectivity index (χ0n) is 9.72. The normalized spacial score (nSPS) is 24.5. The Bertz CT molecular complexity index is 363. The van der Waals surface area contributed by atoms with Crippen LogP contribution in [0.5, 0.6) is 0 Å². The largest absolute Gasteiger partial charge is 0.401 e. The van der Waals surface area contributed by atoms with E-state index < -0.39 is 12.7 Å². The van der Waals surface area contributed by atoms with Gasteiger partial charge in [0.15, 0.2) is 0 Å². The Kier molecular flexibility index (Phi) is 3.43. The molecule has 1 aliphatic carbocycles. The molecule has 0 heterocycles. The number of benzene rings is 1. The first-order chi connectivity index (χ1) is 7.94. The van der Waals surface area contributed by atoms with E-state index in [0.717, 1.165) is 12.8 Å². The van der Waals surface area contributed by atoms with Crippen LogP contribution >= 0.6 is 0 Å². The van der Waals surface area contributed by atoms with Gasteiger partial charge in [0.05, 0.1) is 6.54 Å². The monoisotopic (exact) mass is 243 g/mol. The Morgan fingerprint density at radius 2 is 1.76 bits per heavy atom. The van der Waals surface area contributed by atoms with Crippen LogP contribution < -0.4 is 5.32 Å². The van der Waals surface area contributed by atoms with Crippen LogP contribution in [0.1, 0.15) is 29.9 Å². The molecule has 0 atom stereocenters. The summed E-state index contributed by atoms with van der Waals surface area (Å²) in [7, 11) is 0. The molecule has 17 heavy (non-hydrogen) atoms. The van der Waals surface area contributed by atoms with Gasteiger partial charge in [-0.3, -0.25) is 0 Å². The molecule has 0 bridgehead atoms. The lowest BCUT2D eigenvalue weighted by atomic mass is 9.76. The maximum absolute atomic E-state index is 12.0. The highest BCUT2D eigenvalue weighted by Crippen LogP contribution is 2.37. The summed E-state index contributed by atoms with van der Waals surface area (Å²) in [4.78, 5) is 0. The summed E-state index contributed by atoms with van der Waals surface area (Å²) >= 11 is 0. The topological polar surface area (TPSA) is 12.0 Å². The lowest BCUT2D eigenvalue weighted by molar-refractivity contribution is -0.127. The van der Waals surface area contributed by atoms with Gasteiger partial charge in [-0.15, -0.1) is 0 Å². The van der Waals surface area contributed by atoms with Gasteiger partial charge in [-0.2, -0.15) is 13.2 Å². The van der Waals surface area contributed by atoms with Gasteiger partial charge in [-0.25, -0.2) is 0 Å². The van der Waals surface area contributed by atoms with Crippen molar-refractivity contribution in [3.05, 3.63) is 35.4 Å². The summed E-state index contributed by atoms with van der Waals surface area (Å²) in [6, 6.07) is 8.25. The van der Waals surface area contributed by atoms with Crippen LogP contribution in [0.3, 0.4) is 0 Å². The van der Waals surface area contributed by atoms with Crippen LogP contribution in [0.25, 0.3) is 0 Å². The first-order valence-corrected chi connectivity index (χ1v) is 5.81. The summed E-state index contributed by atoms with van der Waals surface area (Å²) in [6.07, 6.45) is -2.49. The summed E-state index contributed by atoms with van der Waals surface area (Å²) < 4.78 is 35.9. The van der Waals surface area contributed by atoms with Crippen molar-refractivity contribution in [1.29, 1.82) is 0 Å². The van der Waals surface area contributed by atoms with Crippen molar-refractivity contribution in [2.24, 2.45) is 0 Å². The van der Waals surface area contributed by atoms with Gasteiger partial charge >= 0.3 is 6.18 Å². The number of aryl methyl sites for hydroxylation is 1. The van der Waals surface area contributed by atoms with Crippen LogP contribution in [-0.4, -0.2) is 18.8 Å². The molecule has 94 valence electrons. The van der Waals surface area contributed by atoms with E-state index in [1.165, 1.54) is 11.1 Å². The van der Waals surface area contributed by atoms with Crippen LogP contribution in [0.4, 0.5) is 13.2 Å². The van der Waals surface area contributed by atoms with E-state index in [0.29, 0.717) is 5.92 Å². The quantitative estimate of drug-likeness (QED) is 0.858. The van der Waals surface area contributed by atoms with Crippen LogP contribution in [-0.2, 0) is 0 Å². The van der Waals surface area contributed by atoms with Crippen molar-refractivity contribution in [3.63, 3.8) is 0 Å². The zero-order chi connectivity index (χ0) is 12.5. The average Bonchev–Trinajstić information content (AvgIpc) is 2.16. The van der Waals surface area contributed by atoms with E-state index >= 15 is 0 Å². The molecule has 4 heteroatoms. The summed E-state index contributed by atoms with van der Waals surface area (Å²) in [5.41, 5.74) is 2.44. The Labute approximate surface area is 99.0 Å². The maximum Gasteiger partial charge on any atom is 0.401 e. The van der Waals surface area contributed by atoms with Crippen molar-refractivity contribution >= 4 is 0 Å². The third-order valence-corrected chi connectivity index (χ3v) is 3.28. The minimum Gasteiger partial charge on any atom is -0.306 e. The molecule has 1 fully saturated rings. The van der Waals surface area contributed by atoms with Crippen molar-refractivity contribution in [3.8, 4) is 0 Å². The van der Waals surface area contributed by atoms with Gasteiger partial charge in [0.1, 0.15) is 0 Å². The molecule has 1 aromatic rings. The number of rotatable bonds is 3. The number of hydrogen-bond acceptors (Lipinski definition) is 1. The van der Waals surface area contributed by atoms with Gasteiger partial charge in [-0.05, 0) is 31.2 Å². The minimum atomic E-state index is -4.10. The van der Waals surface area contributed by atoms with E-state index in [1.807, 2.05) is 19.1 Å². The molecule has 0 amide bonds. The van der Waals surface area contributed by atoms with Crippen LogP contribution in [0.2, 0.25) is 0 Å². The molecular weight excluding hydrogens is 227 g/mol. The second-order valence-electron chi connectivity index (χ2n) is 4.77. The highest BCUT2D eigenvalue weighted by molar-refractivity contribution is 5.26. The fraction of sp³-hybridized carbons (Fsp3) is 0.538. The molecule has 0 aliphatic heterocycles. The molecule has 0 saturated heterocycles. The Balaban J connectivity index is 1.77. The van der Waals surface area contributed by atoms with E-state index in [-0.39, 0.29) is 6.04 Å². The maximum atomic E-state index is 12.0. The molecule has 1 aliphatic rings. The molecule has 0 unspecified atom stereocenters. The lowest BCUT2D eigenvalue weighted by Crippen LogP contribution is -2.44. The first-order valence-electron chi connectivity index (χ1n) is 5.81. The summed E-state index contributed by atoms with van der Waals surface area (Å²) in [6.45, 7) is 1.15. The number of nitrogens with one attached hydrogen (secondary N) is 1. The minimum absolute atomic E-state index is 0.0166. The van der Waals surface area contributed by atoms with E-state index in [9.17, 15) is 13.2 Å². The van der Waals surface area contributed by atoms with E-state index in [4.69, 9.17) is 0 Å². The Hall–Kier alpha value is -1.03. The lowest BCUT2D eigenvalue weighted by Gasteiger charge is -2.36. The molecule has 0 spiro atoms. The predicted molar refractivity (Wildman–Crippen MR) is 61.0 cm³/mol. The standard InChI is InChI=1S/C13H16F3N/c1-9-2-4-10(5-3-9)11-6-12(7-11)17-8-13(14,15)16/h2-5,11-12,17H,6-8H2,1H3. The molecule has 0 aromatic heterocycles. The third kappa shape index (κ3) is 3.46. The number of halogens is 3. The first kappa shape index (κ1) is 12.4. The molecule has 1 N–H and O–H groups in total. The number of hydrogen-bond donors (Lipinski definition) is 1. The predicted octanol–water partition coefficient (Wildman–Crippen LogP) is 3.39. The molecular formula is C13H16F3N. The van der Waals surface area contributed by atoms with E-state index in [2.05, 4.69) is 17.4 Å². The van der Waals surface area contributed by atoms with Gasteiger partial charge < -0.3 is 5.32 Å². The molecule has 1 saturated carbocycles. The highest BCUT2D eigenvalue weighted by atomic mass is 19.4. The fourth-order valence-electron chi connectivity index (χ4n) is 2.16. The third-order valence-electron chi connectivity index (χ3n) is 3.28. The number of alkyl halides is 3. The summed E-state index contributed by atoms with van der Waals surface area (Å²) in [5.74, 6) is 0.418. The molecule has 2 rings (SSSR count). The second kappa shape index (κ2) is 4.69. The Morgan fingerprint density at radius 3 is 2.29 bits per heavy atom. The SMILES string of the molecule is Cc1ccc(C2CC(NCC(F)(F)F)C2)cc1. The van der Waals surface area contributed by atoms with Gasteiger partial charge in [0, 0.05) is 6.04 Å². The smallest absolute Gasteiger partial charge is 0.306 e. The van der Waals surface area contributed by atoms with Gasteiger partial charge in [-0.1, -0.05) is 29.8 Å². The molecule has 0 radical (unpaired) electrons. The second-order valence-corrected chi connectivity index (χ2v) is 4.77. The molecule has 1 nitrogen and oxygen atoms in total. The van der Waals surface area contributed by atoms with Crippen molar-refractivity contribution in [1.82, 2.24) is 5.32 Å². The zero-order valence-corrected chi connectivity index (χ0v) is 9.72. The van der Waals surface area contributed by atoms with Crippen molar-refractivity contribution in [2.75, 3.05) is 6.54 Å². The average molecular weight is 243 g/mol. The van der Waals surface area contributed by atoms with Crippen LogP contribution in [0.15, 0.2) is 24.3 Å². The van der Waals surface area contributed by atoms with Gasteiger partial charge in [0.25, 0.3) is 0 Å². The van der Waals surface area contributed by atoms with E-state index in [1.54, 1.807) is 0 Å². The van der Waals surface area contributed by atoms with Crippen LogP contribution in [0, 0.1) is 6.92 Å². The van der Waals surface area contributed by atoms with Crippen molar-refractivity contribution < 1.29 is 13.2 Å². The fourth-order valence-corrected chi connectivity index (χ4v) is 2.16. The highest BCUT2D eigenvalue weighted by Gasteiger charge is 2.34.